The van der Waals surface area contributed by atoms with Crippen molar-refractivity contribution < 1.29 is 19.2 Å². The summed E-state index contributed by atoms with van der Waals surface area (Å²) < 4.78 is 5.59. The quantitative estimate of drug-likeness (QED) is 0.247. The average molecular weight is 383 g/mol. The number of nitrogens with zero attached hydrogens (tertiary/aromatic N) is 3. The van der Waals surface area contributed by atoms with Crippen molar-refractivity contribution in [3.63, 3.8) is 0 Å². The lowest BCUT2D eigenvalue weighted by atomic mass is 9.85. The molecule has 1 aromatic rings. The lowest BCUT2D eigenvalue weighted by Gasteiger charge is -2.13. The van der Waals surface area contributed by atoms with Gasteiger partial charge in [0.2, 0.25) is 0 Å². The standard InChI is InChI=1S/C20H21N3O5/c1-3-11(2)28-16-7-4-12(8-15(16)23(26)27)10-21-22-19(24)17-13-5-6-14(9-13)18(17)20(22)25/h4-8,10-11,13-14,17-18H,3,9H2,1-2H3/t11-,13-,14-,17-,18+/m0/s1. The molecule has 3 aliphatic rings. The van der Waals surface area contributed by atoms with Crippen LogP contribution in [0.1, 0.15) is 32.3 Å². The minimum absolute atomic E-state index is 0.115. The molecular formula is C20H21N3O5. The van der Waals surface area contributed by atoms with Gasteiger partial charge in [0.1, 0.15) is 0 Å². The molecule has 1 aliphatic heterocycles. The first-order chi connectivity index (χ1) is 13.4. The van der Waals surface area contributed by atoms with Gasteiger partial charge in [-0.25, -0.2) is 0 Å². The number of carbonyl (C=O) groups is 2. The number of benzene rings is 1. The van der Waals surface area contributed by atoms with Crippen LogP contribution in [0.25, 0.3) is 0 Å². The fourth-order valence-electron chi connectivity index (χ4n) is 4.28. The number of nitro groups is 1. The first-order valence-electron chi connectivity index (χ1n) is 9.46. The highest BCUT2D eigenvalue weighted by atomic mass is 16.6. The van der Waals surface area contributed by atoms with Gasteiger partial charge in [-0.2, -0.15) is 10.1 Å². The number of fused-ring (bicyclic) bond motifs is 5. The highest BCUT2D eigenvalue weighted by Gasteiger charge is 2.59. The Hall–Kier alpha value is -3.03. The first kappa shape index (κ1) is 18.3. The summed E-state index contributed by atoms with van der Waals surface area (Å²) in [7, 11) is 0. The topological polar surface area (TPSA) is 102 Å². The second kappa shape index (κ2) is 6.85. The fourth-order valence-corrected chi connectivity index (χ4v) is 4.28. The van der Waals surface area contributed by atoms with Crippen LogP contribution in [0.4, 0.5) is 5.69 Å². The number of nitro benzene ring substituents is 1. The molecule has 146 valence electrons. The molecule has 8 nitrogen and oxygen atoms in total. The van der Waals surface area contributed by atoms with Gasteiger partial charge in [0.15, 0.2) is 5.75 Å². The summed E-state index contributed by atoms with van der Waals surface area (Å²) in [4.78, 5) is 36.1. The Morgan fingerprint density at radius 1 is 1.29 bits per heavy atom. The molecule has 0 unspecified atom stereocenters. The fraction of sp³-hybridized carbons (Fsp3) is 0.450. The first-order valence-corrected chi connectivity index (χ1v) is 9.46. The van der Waals surface area contributed by atoms with Gasteiger partial charge in [0.05, 0.1) is 29.1 Å². The Kier molecular flexibility index (Phi) is 4.49. The van der Waals surface area contributed by atoms with Gasteiger partial charge >= 0.3 is 5.69 Å². The van der Waals surface area contributed by atoms with Crippen molar-refractivity contribution in [3.05, 3.63) is 46.0 Å². The third-order valence-electron chi connectivity index (χ3n) is 5.85. The number of ether oxygens (including phenoxy) is 1. The summed E-state index contributed by atoms with van der Waals surface area (Å²) in [6.45, 7) is 3.77. The number of hydrazone groups is 1. The minimum Gasteiger partial charge on any atom is -0.484 e. The van der Waals surface area contributed by atoms with Crippen molar-refractivity contribution in [1.82, 2.24) is 5.01 Å². The molecule has 1 saturated carbocycles. The molecule has 2 aliphatic carbocycles. The van der Waals surface area contributed by atoms with Gasteiger partial charge in [0, 0.05) is 11.6 Å². The van der Waals surface area contributed by atoms with Crippen molar-refractivity contribution in [2.75, 3.05) is 0 Å². The molecule has 0 aromatic heterocycles. The van der Waals surface area contributed by atoms with E-state index in [0.717, 1.165) is 17.9 Å². The Morgan fingerprint density at radius 2 is 1.93 bits per heavy atom. The van der Waals surface area contributed by atoms with Gasteiger partial charge < -0.3 is 4.74 Å². The molecule has 1 saturated heterocycles. The number of carbonyl (C=O) groups excluding carboxylic acids is 2. The third kappa shape index (κ3) is 2.89. The molecule has 0 spiro atoms. The zero-order chi connectivity index (χ0) is 20.0. The van der Waals surface area contributed by atoms with Crippen molar-refractivity contribution in [2.45, 2.75) is 32.8 Å². The van der Waals surface area contributed by atoms with Crippen molar-refractivity contribution >= 4 is 23.7 Å². The van der Waals surface area contributed by atoms with Gasteiger partial charge in [-0.3, -0.25) is 19.7 Å². The molecule has 2 amide bonds. The van der Waals surface area contributed by atoms with Crippen LogP contribution in [0.2, 0.25) is 0 Å². The molecule has 1 heterocycles. The van der Waals surface area contributed by atoms with Crippen LogP contribution in [0.3, 0.4) is 0 Å². The summed E-state index contributed by atoms with van der Waals surface area (Å²) in [6.07, 6.45) is 6.77. The van der Waals surface area contributed by atoms with E-state index in [2.05, 4.69) is 5.10 Å². The Bertz CT molecular complexity index is 879. The molecule has 4 rings (SSSR count). The van der Waals surface area contributed by atoms with Crippen LogP contribution in [-0.2, 0) is 9.59 Å². The van der Waals surface area contributed by atoms with E-state index < -0.39 is 4.92 Å². The van der Waals surface area contributed by atoms with E-state index in [1.165, 1.54) is 18.3 Å². The lowest BCUT2D eigenvalue weighted by Crippen LogP contribution is -2.28. The lowest BCUT2D eigenvalue weighted by molar-refractivity contribution is -0.386. The van der Waals surface area contributed by atoms with Crippen LogP contribution in [0.5, 0.6) is 5.75 Å². The van der Waals surface area contributed by atoms with Gasteiger partial charge in [-0.1, -0.05) is 19.1 Å². The normalized spacial score (nSPS) is 29.0. The number of rotatable bonds is 6. The van der Waals surface area contributed by atoms with E-state index in [1.54, 1.807) is 6.07 Å². The van der Waals surface area contributed by atoms with E-state index in [-0.39, 0.29) is 53.0 Å². The second-order valence-corrected chi connectivity index (χ2v) is 7.55. The largest absolute Gasteiger partial charge is 0.484 e. The number of amides is 2. The molecule has 0 radical (unpaired) electrons. The van der Waals surface area contributed by atoms with E-state index in [1.807, 2.05) is 26.0 Å². The summed E-state index contributed by atoms with van der Waals surface area (Å²) >= 11 is 0. The number of imide groups is 1. The maximum atomic E-state index is 12.6. The van der Waals surface area contributed by atoms with Crippen LogP contribution >= 0.6 is 0 Å². The molecular weight excluding hydrogens is 362 g/mol. The Labute approximate surface area is 162 Å². The number of hydrogen-bond acceptors (Lipinski definition) is 6. The Balaban J connectivity index is 1.55. The maximum absolute atomic E-state index is 12.6. The van der Waals surface area contributed by atoms with Crippen molar-refractivity contribution in [3.8, 4) is 5.75 Å². The van der Waals surface area contributed by atoms with E-state index in [9.17, 15) is 19.7 Å². The molecule has 8 heteroatoms. The Morgan fingerprint density at radius 3 is 2.50 bits per heavy atom. The van der Waals surface area contributed by atoms with Crippen molar-refractivity contribution in [2.24, 2.45) is 28.8 Å². The van der Waals surface area contributed by atoms with Crippen LogP contribution in [0.15, 0.2) is 35.5 Å². The maximum Gasteiger partial charge on any atom is 0.311 e. The summed E-state index contributed by atoms with van der Waals surface area (Å²) in [5, 5.41) is 16.4. The molecule has 28 heavy (non-hydrogen) atoms. The molecule has 2 bridgehead atoms. The molecule has 1 aromatic carbocycles. The zero-order valence-electron chi connectivity index (χ0n) is 15.6. The van der Waals surface area contributed by atoms with E-state index in [4.69, 9.17) is 4.74 Å². The monoisotopic (exact) mass is 383 g/mol. The SMILES string of the molecule is CC[C@H](C)Oc1ccc(C=NN2C(=O)[C@@H]3[C@H](C2=O)[C@H]2C=C[C@H]3C2)cc1[N+](=O)[O-]. The van der Waals surface area contributed by atoms with Crippen LogP contribution < -0.4 is 4.74 Å². The molecule has 2 fully saturated rings. The predicted molar refractivity (Wildman–Crippen MR) is 101 cm³/mol. The highest BCUT2D eigenvalue weighted by Crippen LogP contribution is 2.52. The average Bonchev–Trinajstić information content (AvgIpc) is 3.35. The third-order valence-corrected chi connectivity index (χ3v) is 5.85. The van der Waals surface area contributed by atoms with E-state index in [0.29, 0.717) is 5.56 Å². The molecule has 5 atom stereocenters. The predicted octanol–water partition coefficient (Wildman–Crippen LogP) is 2.91. The van der Waals surface area contributed by atoms with Gasteiger partial charge in [-0.05, 0) is 43.7 Å². The smallest absolute Gasteiger partial charge is 0.311 e. The van der Waals surface area contributed by atoms with E-state index >= 15 is 0 Å². The van der Waals surface area contributed by atoms with Gasteiger partial charge in [0.25, 0.3) is 11.8 Å². The second-order valence-electron chi connectivity index (χ2n) is 7.55. The summed E-state index contributed by atoms with van der Waals surface area (Å²) in [6, 6.07) is 4.46. The number of allylic oxidation sites excluding steroid dienone is 2. The zero-order valence-corrected chi connectivity index (χ0v) is 15.6. The number of hydrogen-bond donors (Lipinski definition) is 0. The summed E-state index contributed by atoms with van der Waals surface area (Å²) in [5.41, 5.74) is 0.240. The van der Waals surface area contributed by atoms with Crippen molar-refractivity contribution in [1.29, 1.82) is 0 Å². The molecule has 0 N–H and O–H groups in total. The van der Waals surface area contributed by atoms with Crippen LogP contribution in [-0.4, -0.2) is 34.1 Å². The summed E-state index contributed by atoms with van der Waals surface area (Å²) in [5.74, 6) is -0.791. The van der Waals surface area contributed by atoms with Crippen LogP contribution in [0, 0.1) is 33.8 Å². The highest BCUT2D eigenvalue weighted by molar-refractivity contribution is 6.06. The van der Waals surface area contributed by atoms with Gasteiger partial charge in [-0.15, -0.1) is 0 Å². The minimum atomic E-state index is -0.519.